The quantitative estimate of drug-likeness (QED) is 0.845. The molecule has 0 radical (unpaired) electrons. The van der Waals surface area contributed by atoms with E-state index in [2.05, 4.69) is 39.2 Å². The molecular formula is C16H22N4O. The highest BCUT2D eigenvalue weighted by Crippen LogP contribution is 2.29. The van der Waals surface area contributed by atoms with Crippen molar-refractivity contribution in [2.24, 2.45) is 0 Å². The number of nitrogens with zero attached hydrogens (tertiary/aromatic N) is 4. The number of methoxy groups -OCH3 is 1. The van der Waals surface area contributed by atoms with E-state index in [1.54, 1.807) is 19.8 Å². The lowest BCUT2D eigenvalue weighted by Crippen LogP contribution is -2.35. The first-order chi connectivity index (χ1) is 10.3. The first-order valence-corrected chi connectivity index (χ1v) is 7.54. The van der Waals surface area contributed by atoms with Crippen LogP contribution in [0.25, 0.3) is 0 Å². The van der Waals surface area contributed by atoms with Crippen LogP contribution >= 0.6 is 0 Å². The van der Waals surface area contributed by atoms with Crippen molar-refractivity contribution in [1.29, 1.82) is 0 Å². The first-order valence-electron chi connectivity index (χ1n) is 7.54. The van der Waals surface area contributed by atoms with E-state index >= 15 is 0 Å². The van der Waals surface area contributed by atoms with Crippen LogP contribution < -0.4 is 4.74 Å². The van der Waals surface area contributed by atoms with Gasteiger partial charge in [0.25, 0.3) is 0 Å². The van der Waals surface area contributed by atoms with Crippen LogP contribution in [0.4, 0.5) is 0 Å². The molecule has 1 aliphatic heterocycles. The molecule has 1 aromatic carbocycles. The fourth-order valence-electron chi connectivity index (χ4n) is 2.96. The molecule has 1 aliphatic rings. The van der Waals surface area contributed by atoms with E-state index in [9.17, 15) is 0 Å². The molecule has 3 rings (SSSR count). The van der Waals surface area contributed by atoms with Crippen LogP contribution in [-0.4, -0.2) is 46.4 Å². The minimum atomic E-state index is 0.679. The largest absolute Gasteiger partial charge is 0.497 e. The zero-order chi connectivity index (χ0) is 14.5. The monoisotopic (exact) mass is 286 g/mol. The third-order valence-electron chi connectivity index (χ3n) is 4.29. The van der Waals surface area contributed by atoms with Crippen molar-refractivity contribution >= 4 is 0 Å². The van der Waals surface area contributed by atoms with Crippen molar-refractivity contribution in [3.63, 3.8) is 0 Å². The summed E-state index contributed by atoms with van der Waals surface area (Å²) in [4.78, 5) is 6.49. The van der Waals surface area contributed by atoms with Crippen LogP contribution in [0.3, 0.4) is 0 Å². The normalized spacial score (nSPS) is 17.0. The first kappa shape index (κ1) is 14.1. The van der Waals surface area contributed by atoms with Gasteiger partial charge in [-0.05, 0) is 49.5 Å². The van der Waals surface area contributed by atoms with E-state index in [1.807, 2.05) is 4.68 Å². The maximum Gasteiger partial charge on any atom is 0.137 e. The Hall–Kier alpha value is -1.88. The predicted molar refractivity (Wildman–Crippen MR) is 81.4 cm³/mol. The summed E-state index contributed by atoms with van der Waals surface area (Å²) in [5.41, 5.74) is 1.44. The summed E-state index contributed by atoms with van der Waals surface area (Å²) in [5.74, 6) is 1.61. The molecule has 0 aliphatic carbocycles. The molecule has 1 aromatic heterocycles. The fourth-order valence-corrected chi connectivity index (χ4v) is 2.96. The second-order valence-electron chi connectivity index (χ2n) is 5.55. The highest BCUT2D eigenvalue weighted by molar-refractivity contribution is 5.29. The lowest BCUT2D eigenvalue weighted by Gasteiger charge is -2.32. The molecule has 0 saturated carbocycles. The van der Waals surface area contributed by atoms with Crippen LogP contribution in [0.5, 0.6) is 5.75 Å². The predicted octanol–water partition coefficient (Wildman–Crippen LogP) is 2.17. The number of benzene rings is 1. The van der Waals surface area contributed by atoms with Gasteiger partial charge in [0, 0.05) is 6.54 Å². The number of aromatic nitrogens is 3. The summed E-state index contributed by atoms with van der Waals surface area (Å²) in [6.45, 7) is 4.29. The van der Waals surface area contributed by atoms with Gasteiger partial charge in [0.05, 0.1) is 13.7 Å². The van der Waals surface area contributed by atoms with Gasteiger partial charge in [-0.25, -0.2) is 4.98 Å². The number of hydrogen-bond acceptors (Lipinski definition) is 4. The van der Waals surface area contributed by atoms with Crippen LogP contribution in [-0.2, 0) is 6.54 Å². The topological polar surface area (TPSA) is 43.2 Å². The summed E-state index contributed by atoms with van der Waals surface area (Å²) < 4.78 is 7.12. The van der Waals surface area contributed by atoms with Gasteiger partial charge < -0.3 is 9.64 Å². The Labute approximate surface area is 125 Å². The summed E-state index contributed by atoms with van der Waals surface area (Å²) >= 11 is 0. The molecule has 2 aromatic rings. The highest BCUT2D eigenvalue weighted by atomic mass is 16.5. The Morgan fingerprint density at radius 3 is 2.52 bits per heavy atom. The van der Waals surface area contributed by atoms with E-state index in [-0.39, 0.29) is 0 Å². The summed E-state index contributed by atoms with van der Waals surface area (Å²) in [7, 11) is 1.71. The van der Waals surface area contributed by atoms with Crippen molar-refractivity contribution in [3.8, 4) is 5.75 Å². The Kier molecular flexibility index (Phi) is 4.50. The molecule has 0 atom stereocenters. The van der Waals surface area contributed by atoms with E-state index in [0.29, 0.717) is 5.92 Å². The van der Waals surface area contributed by atoms with E-state index < -0.39 is 0 Å². The number of ether oxygens (including phenoxy) is 1. The molecule has 21 heavy (non-hydrogen) atoms. The van der Waals surface area contributed by atoms with Crippen molar-refractivity contribution in [2.45, 2.75) is 25.3 Å². The highest BCUT2D eigenvalue weighted by Gasteiger charge is 2.20. The molecule has 0 bridgehead atoms. The van der Waals surface area contributed by atoms with E-state index in [4.69, 9.17) is 4.74 Å². The SMILES string of the molecule is COc1ccc(C2CCN(CCn3cncn3)CC2)cc1. The van der Waals surface area contributed by atoms with Crippen LogP contribution in [0.2, 0.25) is 0 Å². The summed E-state index contributed by atoms with van der Waals surface area (Å²) in [5, 5.41) is 4.15. The molecule has 5 nitrogen and oxygen atoms in total. The van der Waals surface area contributed by atoms with Crippen molar-refractivity contribution in [3.05, 3.63) is 42.5 Å². The average Bonchev–Trinajstić information content (AvgIpc) is 3.07. The van der Waals surface area contributed by atoms with Crippen LogP contribution in [0.15, 0.2) is 36.9 Å². The van der Waals surface area contributed by atoms with Gasteiger partial charge in [-0.1, -0.05) is 12.1 Å². The Morgan fingerprint density at radius 2 is 1.90 bits per heavy atom. The Morgan fingerprint density at radius 1 is 1.14 bits per heavy atom. The number of likely N-dealkylation sites (tertiary alicyclic amines) is 1. The molecule has 2 heterocycles. The molecule has 0 unspecified atom stereocenters. The zero-order valence-corrected chi connectivity index (χ0v) is 12.5. The Balaban J connectivity index is 1.47. The van der Waals surface area contributed by atoms with Gasteiger partial charge in [0.2, 0.25) is 0 Å². The lowest BCUT2D eigenvalue weighted by molar-refractivity contribution is 0.202. The molecule has 0 spiro atoms. The van der Waals surface area contributed by atoms with Crippen LogP contribution in [0, 0.1) is 0 Å². The molecule has 0 amide bonds. The van der Waals surface area contributed by atoms with Gasteiger partial charge in [-0.15, -0.1) is 0 Å². The van der Waals surface area contributed by atoms with Crippen molar-refractivity contribution < 1.29 is 4.74 Å². The minimum absolute atomic E-state index is 0.679. The van der Waals surface area contributed by atoms with Gasteiger partial charge in [0.1, 0.15) is 18.4 Å². The lowest BCUT2D eigenvalue weighted by atomic mass is 9.89. The third kappa shape index (κ3) is 3.61. The van der Waals surface area contributed by atoms with Gasteiger partial charge in [-0.2, -0.15) is 5.10 Å². The second-order valence-corrected chi connectivity index (χ2v) is 5.55. The summed E-state index contributed by atoms with van der Waals surface area (Å²) in [6.07, 6.45) is 5.83. The van der Waals surface area contributed by atoms with Crippen LogP contribution in [0.1, 0.15) is 24.3 Å². The molecule has 1 saturated heterocycles. The molecule has 5 heteroatoms. The average molecular weight is 286 g/mol. The number of piperidine rings is 1. The standard InChI is InChI=1S/C16H22N4O/c1-21-16-4-2-14(3-5-16)15-6-8-19(9-7-15)10-11-20-13-17-12-18-20/h2-5,12-13,15H,6-11H2,1H3. The zero-order valence-electron chi connectivity index (χ0n) is 12.5. The van der Waals surface area contributed by atoms with Gasteiger partial charge in [-0.3, -0.25) is 4.68 Å². The smallest absolute Gasteiger partial charge is 0.137 e. The molecular weight excluding hydrogens is 264 g/mol. The third-order valence-corrected chi connectivity index (χ3v) is 4.29. The molecule has 1 fully saturated rings. The molecule has 112 valence electrons. The van der Waals surface area contributed by atoms with E-state index in [0.717, 1.165) is 31.9 Å². The van der Waals surface area contributed by atoms with Gasteiger partial charge >= 0.3 is 0 Å². The van der Waals surface area contributed by atoms with E-state index in [1.165, 1.54) is 18.4 Å². The molecule has 0 N–H and O–H groups in total. The fraction of sp³-hybridized carbons (Fsp3) is 0.500. The maximum atomic E-state index is 5.22. The number of hydrogen-bond donors (Lipinski definition) is 0. The summed E-state index contributed by atoms with van der Waals surface area (Å²) in [6, 6.07) is 8.53. The number of rotatable bonds is 5. The van der Waals surface area contributed by atoms with Crippen molar-refractivity contribution in [2.75, 3.05) is 26.7 Å². The van der Waals surface area contributed by atoms with Crippen molar-refractivity contribution in [1.82, 2.24) is 19.7 Å². The van der Waals surface area contributed by atoms with Gasteiger partial charge in [0.15, 0.2) is 0 Å². The Bertz CT molecular complexity index is 530. The maximum absolute atomic E-state index is 5.22. The second kappa shape index (κ2) is 6.72. The minimum Gasteiger partial charge on any atom is -0.497 e.